The number of esters is 1. The van der Waals surface area contributed by atoms with Crippen LogP contribution in [0, 0.1) is 5.92 Å². The maximum atomic E-state index is 11.1. The van der Waals surface area contributed by atoms with Gasteiger partial charge in [0.1, 0.15) is 6.10 Å². The van der Waals surface area contributed by atoms with Gasteiger partial charge in [0, 0.05) is 3.92 Å². The van der Waals surface area contributed by atoms with E-state index in [0.717, 1.165) is 12.8 Å². The largest absolute Gasteiger partial charge is 0.461 e. The van der Waals surface area contributed by atoms with E-state index in [1.807, 2.05) is 0 Å². The van der Waals surface area contributed by atoms with Crippen LogP contribution < -0.4 is 0 Å². The molecule has 1 aliphatic carbocycles. The molecule has 2 bridgehead atoms. The molecule has 1 aliphatic heterocycles. The topological polar surface area (TPSA) is 26.3 Å². The SMILES string of the molecule is O=C1OC2CC1CCCC2I. The molecule has 0 amide bonds. The van der Waals surface area contributed by atoms with E-state index in [4.69, 9.17) is 4.74 Å². The second kappa shape index (κ2) is 2.92. The summed E-state index contributed by atoms with van der Waals surface area (Å²) in [5.74, 6) is 0.288. The minimum absolute atomic E-state index is 0.0522. The van der Waals surface area contributed by atoms with Crippen LogP contribution >= 0.6 is 22.6 Å². The fourth-order valence-corrected chi connectivity index (χ4v) is 2.75. The zero-order valence-corrected chi connectivity index (χ0v) is 8.41. The zero-order chi connectivity index (χ0) is 7.84. The summed E-state index contributed by atoms with van der Waals surface area (Å²) < 4.78 is 5.79. The minimum Gasteiger partial charge on any atom is -0.461 e. The first kappa shape index (κ1) is 7.83. The van der Waals surface area contributed by atoms with E-state index >= 15 is 0 Å². The first-order valence-corrected chi connectivity index (χ1v) is 5.36. The van der Waals surface area contributed by atoms with Crippen molar-refractivity contribution in [1.29, 1.82) is 0 Å². The third-order valence-corrected chi connectivity index (χ3v) is 3.98. The average Bonchev–Trinajstić information content (AvgIpc) is 2.22. The number of ether oxygens (including phenoxy) is 1. The Morgan fingerprint density at radius 1 is 1.45 bits per heavy atom. The van der Waals surface area contributed by atoms with Crippen LogP contribution in [0.5, 0.6) is 0 Å². The van der Waals surface area contributed by atoms with Crippen molar-refractivity contribution >= 4 is 28.6 Å². The molecule has 2 nitrogen and oxygen atoms in total. The van der Waals surface area contributed by atoms with Crippen molar-refractivity contribution in [2.45, 2.75) is 35.7 Å². The van der Waals surface area contributed by atoms with Crippen LogP contribution in [0.25, 0.3) is 0 Å². The first-order chi connectivity index (χ1) is 5.27. The number of hydrogen-bond donors (Lipinski definition) is 0. The molecule has 0 radical (unpaired) electrons. The van der Waals surface area contributed by atoms with Gasteiger partial charge >= 0.3 is 5.97 Å². The number of rotatable bonds is 0. The molecule has 62 valence electrons. The van der Waals surface area contributed by atoms with Gasteiger partial charge in [0.25, 0.3) is 0 Å². The highest BCUT2D eigenvalue weighted by Crippen LogP contribution is 2.36. The Morgan fingerprint density at radius 2 is 2.27 bits per heavy atom. The van der Waals surface area contributed by atoms with Gasteiger partial charge in [-0.15, -0.1) is 0 Å². The Kier molecular flexibility index (Phi) is 2.08. The Morgan fingerprint density at radius 3 is 3.09 bits per heavy atom. The van der Waals surface area contributed by atoms with Gasteiger partial charge in [0.05, 0.1) is 5.92 Å². The highest BCUT2D eigenvalue weighted by atomic mass is 127. The maximum Gasteiger partial charge on any atom is 0.309 e. The summed E-state index contributed by atoms with van der Waals surface area (Å²) in [7, 11) is 0. The monoisotopic (exact) mass is 266 g/mol. The zero-order valence-electron chi connectivity index (χ0n) is 6.25. The lowest BCUT2D eigenvalue weighted by Crippen LogP contribution is -2.20. The molecule has 0 aromatic rings. The van der Waals surface area contributed by atoms with Crippen molar-refractivity contribution in [1.82, 2.24) is 0 Å². The Hall–Kier alpha value is 0.200. The minimum atomic E-state index is 0.0522. The molecule has 2 fully saturated rings. The molecule has 3 unspecified atom stereocenters. The van der Waals surface area contributed by atoms with Crippen LogP contribution in [-0.2, 0) is 9.53 Å². The number of hydrogen-bond acceptors (Lipinski definition) is 2. The summed E-state index contributed by atoms with van der Waals surface area (Å²) in [6, 6.07) is 0. The van der Waals surface area contributed by atoms with Crippen LogP contribution in [0.3, 0.4) is 0 Å². The summed E-state index contributed by atoms with van der Waals surface area (Å²) in [5, 5.41) is 0. The van der Waals surface area contributed by atoms with Crippen molar-refractivity contribution < 1.29 is 9.53 Å². The normalized spacial score (nSPS) is 43.4. The molecular formula is C8H11IO2. The fourth-order valence-electron chi connectivity index (χ4n) is 1.87. The first-order valence-electron chi connectivity index (χ1n) is 4.12. The predicted molar refractivity (Wildman–Crippen MR) is 49.6 cm³/mol. The molecule has 1 saturated carbocycles. The Labute approximate surface area is 79.8 Å². The van der Waals surface area contributed by atoms with E-state index < -0.39 is 0 Å². The molecule has 0 aromatic heterocycles. The lowest BCUT2D eigenvalue weighted by Gasteiger charge is -2.15. The van der Waals surface area contributed by atoms with Gasteiger partial charge in [-0.05, 0) is 19.3 Å². The molecule has 3 heteroatoms. The van der Waals surface area contributed by atoms with E-state index in [9.17, 15) is 4.79 Å². The molecule has 0 spiro atoms. The average molecular weight is 266 g/mol. The van der Waals surface area contributed by atoms with Crippen LogP contribution in [0.4, 0.5) is 0 Å². The van der Waals surface area contributed by atoms with Crippen molar-refractivity contribution in [3.63, 3.8) is 0 Å². The van der Waals surface area contributed by atoms with E-state index in [2.05, 4.69) is 22.6 Å². The van der Waals surface area contributed by atoms with Gasteiger partial charge in [0.2, 0.25) is 0 Å². The second-order valence-corrected chi connectivity index (χ2v) is 4.95. The molecule has 2 rings (SSSR count). The molecule has 3 atom stereocenters. The van der Waals surface area contributed by atoms with Crippen LogP contribution in [0.2, 0.25) is 0 Å². The van der Waals surface area contributed by atoms with E-state index in [0.29, 0.717) is 3.92 Å². The second-order valence-electron chi connectivity index (χ2n) is 3.35. The van der Waals surface area contributed by atoms with E-state index in [-0.39, 0.29) is 18.0 Å². The highest BCUT2D eigenvalue weighted by Gasteiger charge is 2.39. The molecule has 1 saturated heterocycles. The van der Waals surface area contributed by atoms with Crippen molar-refractivity contribution in [3.05, 3.63) is 0 Å². The van der Waals surface area contributed by atoms with Crippen LogP contribution in [-0.4, -0.2) is 16.0 Å². The van der Waals surface area contributed by atoms with Crippen molar-refractivity contribution in [2.75, 3.05) is 0 Å². The van der Waals surface area contributed by atoms with Gasteiger partial charge in [0.15, 0.2) is 0 Å². The van der Waals surface area contributed by atoms with Gasteiger partial charge in [-0.3, -0.25) is 4.79 Å². The summed E-state index contributed by atoms with van der Waals surface area (Å²) in [5.41, 5.74) is 0. The summed E-state index contributed by atoms with van der Waals surface area (Å²) >= 11 is 2.40. The predicted octanol–water partition coefficient (Wildman–Crippen LogP) is 1.91. The Bertz CT molecular complexity index is 181. The highest BCUT2D eigenvalue weighted by molar-refractivity contribution is 14.1. The van der Waals surface area contributed by atoms with Gasteiger partial charge < -0.3 is 4.74 Å². The Balaban J connectivity index is 2.13. The molecule has 0 aromatic carbocycles. The molecule has 2 aliphatic rings. The summed E-state index contributed by atoms with van der Waals surface area (Å²) in [4.78, 5) is 11.1. The number of alkyl halides is 1. The van der Waals surface area contributed by atoms with Gasteiger partial charge in [-0.2, -0.15) is 0 Å². The van der Waals surface area contributed by atoms with Crippen molar-refractivity contribution in [2.24, 2.45) is 5.92 Å². The van der Waals surface area contributed by atoms with Crippen molar-refractivity contribution in [3.8, 4) is 0 Å². The third kappa shape index (κ3) is 1.39. The molecule has 0 N–H and O–H groups in total. The number of carbonyl (C=O) groups excluding carboxylic acids is 1. The lowest BCUT2D eigenvalue weighted by molar-refractivity contribution is -0.144. The lowest BCUT2D eigenvalue weighted by atomic mass is 10.0. The smallest absolute Gasteiger partial charge is 0.309 e. The van der Waals surface area contributed by atoms with Gasteiger partial charge in [-0.1, -0.05) is 29.0 Å². The number of fused-ring (bicyclic) bond motifs is 2. The van der Waals surface area contributed by atoms with E-state index in [1.165, 1.54) is 12.8 Å². The fraction of sp³-hybridized carbons (Fsp3) is 0.875. The van der Waals surface area contributed by atoms with E-state index in [1.54, 1.807) is 0 Å². The number of carbonyl (C=O) groups is 1. The maximum absolute atomic E-state index is 11.1. The molecular weight excluding hydrogens is 255 g/mol. The standard InChI is InChI=1S/C8H11IO2/c9-6-3-1-2-5-4-7(6)11-8(5)10/h5-7H,1-4H2. The summed E-state index contributed by atoms with van der Waals surface area (Å²) in [6.07, 6.45) is 4.68. The summed E-state index contributed by atoms with van der Waals surface area (Å²) in [6.45, 7) is 0. The van der Waals surface area contributed by atoms with Crippen LogP contribution in [0.15, 0.2) is 0 Å². The molecule has 1 heterocycles. The molecule has 11 heavy (non-hydrogen) atoms. The quantitative estimate of drug-likeness (QED) is 0.380. The van der Waals surface area contributed by atoms with Gasteiger partial charge in [-0.25, -0.2) is 0 Å². The number of halogens is 1. The van der Waals surface area contributed by atoms with Crippen LogP contribution in [0.1, 0.15) is 25.7 Å². The third-order valence-electron chi connectivity index (χ3n) is 2.55.